The Morgan fingerprint density at radius 1 is 1.04 bits per heavy atom. The van der Waals surface area contributed by atoms with Crippen molar-refractivity contribution in [1.82, 2.24) is 10.2 Å². The van der Waals surface area contributed by atoms with E-state index in [2.05, 4.69) is 10.6 Å². The van der Waals surface area contributed by atoms with Gasteiger partial charge in [-0.2, -0.15) is 0 Å². The number of carbonyl (C=O) groups excluding carboxylic acids is 2. The average molecular weight is 365 g/mol. The van der Waals surface area contributed by atoms with Crippen molar-refractivity contribution in [3.8, 4) is 11.5 Å². The van der Waals surface area contributed by atoms with E-state index >= 15 is 0 Å². The molecule has 0 aliphatic carbocycles. The number of carbonyl (C=O) groups is 2. The summed E-state index contributed by atoms with van der Waals surface area (Å²) in [5.41, 5.74) is 0.673. The van der Waals surface area contributed by atoms with Crippen molar-refractivity contribution in [3.63, 3.8) is 0 Å². The quantitative estimate of drug-likeness (QED) is 0.873. The smallest absolute Gasteiger partial charge is 0.321 e. The molecule has 6 nitrogen and oxygen atoms in total. The maximum absolute atomic E-state index is 12.7. The largest absolute Gasteiger partial charge is 0.455 e. The van der Waals surface area contributed by atoms with E-state index in [0.717, 1.165) is 25.1 Å². The molecule has 2 aliphatic rings. The van der Waals surface area contributed by atoms with Crippen LogP contribution in [0.2, 0.25) is 0 Å². The molecule has 0 bridgehead atoms. The summed E-state index contributed by atoms with van der Waals surface area (Å²) in [5.74, 6) is 1.45. The minimum Gasteiger partial charge on any atom is -0.455 e. The normalized spacial score (nSPS) is 18.2. The molecule has 4 rings (SSSR count). The molecule has 2 aliphatic heterocycles. The van der Waals surface area contributed by atoms with Gasteiger partial charge in [-0.25, -0.2) is 4.79 Å². The van der Waals surface area contributed by atoms with Crippen LogP contribution in [0, 0.1) is 5.41 Å². The second kappa shape index (κ2) is 7.31. The molecule has 2 fully saturated rings. The van der Waals surface area contributed by atoms with E-state index < -0.39 is 0 Å². The van der Waals surface area contributed by atoms with Gasteiger partial charge < -0.3 is 20.3 Å². The second-order valence-corrected chi connectivity index (χ2v) is 7.28. The van der Waals surface area contributed by atoms with Crippen LogP contribution in [0.4, 0.5) is 10.5 Å². The Labute approximate surface area is 158 Å². The van der Waals surface area contributed by atoms with E-state index in [4.69, 9.17) is 4.74 Å². The van der Waals surface area contributed by atoms with Gasteiger partial charge in [0.2, 0.25) is 5.91 Å². The maximum Gasteiger partial charge on any atom is 0.321 e. The number of ether oxygens (including phenoxy) is 1. The zero-order chi connectivity index (χ0) is 18.7. The van der Waals surface area contributed by atoms with Gasteiger partial charge in [-0.15, -0.1) is 0 Å². The van der Waals surface area contributed by atoms with Crippen LogP contribution in [0.3, 0.4) is 0 Å². The van der Waals surface area contributed by atoms with Crippen LogP contribution < -0.4 is 15.4 Å². The molecule has 3 amide bonds. The van der Waals surface area contributed by atoms with Crippen LogP contribution in [-0.2, 0) is 4.79 Å². The number of para-hydroxylation sites is 3. The molecule has 0 radical (unpaired) electrons. The van der Waals surface area contributed by atoms with Gasteiger partial charge in [0.25, 0.3) is 0 Å². The number of rotatable bonds is 3. The molecule has 27 heavy (non-hydrogen) atoms. The first-order chi connectivity index (χ1) is 13.1. The maximum atomic E-state index is 12.7. The molecule has 0 saturated carbocycles. The molecule has 0 atom stereocenters. The first kappa shape index (κ1) is 17.4. The van der Waals surface area contributed by atoms with E-state index in [1.54, 1.807) is 0 Å². The van der Waals surface area contributed by atoms with E-state index in [1.165, 1.54) is 0 Å². The van der Waals surface area contributed by atoms with Crippen molar-refractivity contribution in [2.75, 3.05) is 25.0 Å². The summed E-state index contributed by atoms with van der Waals surface area (Å²) < 4.78 is 5.91. The molecule has 0 unspecified atom stereocenters. The molecule has 1 spiro atoms. The van der Waals surface area contributed by atoms with Crippen molar-refractivity contribution < 1.29 is 14.3 Å². The summed E-state index contributed by atoms with van der Waals surface area (Å²) in [6.07, 6.45) is 2.28. The highest BCUT2D eigenvalue weighted by Gasteiger charge is 2.41. The van der Waals surface area contributed by atoms with Crippen molar-refractivity contribution in [1.29, 1.82) is 0 Å². The number of likely N-dealkylation sites (tertiary alicyclic amines) is 1. The van der Waals surface area contributed by atoms with Crippen LogP contribution in [0.15, 0.2) is 54.6 Å². The number of anilines is 1. The molecule has 2 aromatic rings. The molecule has 140 valence electrons. The molecule has 2 saturated heterocycles. The highest BCUT2D eigenvalue weighted by atomic mass is 16.5. The van der Waals surface area contributed by atoms with Crippen LogP contribution in [-0.4, -0.2) is 36.5 Å². The Morgan fingerprint density at radius 2 is 1.74 bits per heavy atom. The molecule has 2 aromatic carbocycles. The fourth-order valence-electron chi connectivity index (χ4n) is 3.76. The van der Waals surface area contributed by atoms with Crippen LogP contribution in [0.1, 0.15) is 19.3 Å². The number of hydrogen-bond acceptors (Lipinski definition) is 3. The summed E-state index contributed by atoms with van der Waals surface area (Å²) in [5, 5.41) is 5.89. The highest BCUT2D eigenvalue weighted by Crippen LogP contribution is 2.37. The van der Waals surface area contributed by atoms with Gasteiger partial charge in [-0.1, -0.05) is 30.3 Å². The third-order valence-electron chi connectivity index (χ3n) is 5.41. The number of nitrogens with one attached hydrogen (secondary N) is 2. The Morgan fingerprint density at radius 3 is 2.44 bits per heavy atom. The molecular weight excluding hydrogens is 342 g/mol. The first-order valence-electron chi connectivity index (χ1n) is 9.28. The van der Waals surface area contributed by atoms with Gasteiger partial charge >= 0.3 is 6.03 Å². The first-order valence-corrected chi connectivity index (χ1v) is 9.28. The van der Waals surface area contributed by atoms with Crippen LogP contribution in [0.5, 0.6) is 11.5 Å². The predicted octanol–water partition coefficient (Wildman–Crippen LogP) is 3.61. The summed E-state index contributed by atoms with van der Waals surface area (Å²) in [6.45, 7) is 2.04. The minimum atomic E-state index is -0.133. The molecule has 2 heterocycles. The number of piperidine rings is 1. The minimum absolute atomic E-state index is 0.0300. The monoisotopic (exact) mass is 365 g/mol. The number of nitrogens with zero attached hydrogens (tertiary/aromatic N) is 1. The van der Waals surface area contributed by atoms with Gasteiger partial charge in [0, 0.05) is 26.1 Å². The number of hydrogen-bond donors (Lipinski definition) is 2. The zero-order valence-electron chi connectivity index (χ0n) is 15.1. The van der Waals surface area contributed by atoms with Crippen molar-refractivity contribution in [2.24, 2.45) is 5.41 Å². The van der Waals surface area contributed by atoms with Gasteiger partial charge in [0.1, 0.15) is 5.75 Å². The van der Waals surface area contributed by atoms with Gasteiger partial charge in [0.05, 0.1) is 5.69 Å². The van der Waals surface area contributed by atoms with Crippen molar-refractivity contribution >= 4 is 17.6 Å². The highest BCUT2D eigenvalue weighted by molar-refractivity contribution is 5.91. The van der Waals surface area contributed by atoms with Crippen LogP contribution in [0.25, 0.3) is 0 Å². The lowest BCUT2D eigenvalue weighted by Gasteiger charge is -2.38. The Balaban J connectivity index is 1.40. The molecular formula is C21H23N3O3. The fraction of sp³-hybridized carbons (Fsp3) is 0.333. The topological polar surface area (TPSA) is 70.7 Å². The second-order valence-electron chi connectivity index (χ2n) is 7.28. The molecule has 0 aromatic heterocycles. The standard InChI is InChI=1S/C21H23N3O3/c25-19-14-21(15-22-19)10-12-24(13-11-21)20(26)23-17-8-4-5-9-18(17)27-16-6-2-1-3-7-16/h1-9H,10-15H2,(H,22,25)(H,23,26). The van der Waals surface area contributed by atoms with Crippen molar-refractivity contribution in [3.05, 3.63) is 54.6 Å². The van der Waals surface area contributed by atoms with E-state index in [9.17, 15) is 9.59 Å². The fourth-order valence-corrected chi connectivity index (χ4v) is 3.76. The van der Waals surface area contributed by atoms with E-state index in [0.29, 0.717) is 30.9 Å². The zero-order valence-corrected chi connectivity index (χ0v) is 15.1. The SMILES string of the molecule is O=C1CC2(CCN(C(=O)Nc3ccccc3Oc3ccccc3)CC2)CN1. The third-order valence-corrected chi connectivity index (χ3v) is 5.41. The lowest BCUT2D eigenvalue weighted by Crippen LogP contribution is -2.45. The average Bonchev–Trinajstić information content (AvgIpc) is 3.05. The predicted molar refractivity (Wildman–Crippen MR) is 103 cm³/mol. The lowest BCUT2D eigenvalue weighted by atomic mass is 9.78. The molecule has 6 heteroatoms. The Kier molecular flexibility index (Phi) is 4.71. The van der Waals surface area contributed by atoms with Crippen molar-refractivity contribution in [2.45, 2.75) is 19.3 Å². The van der Waals surface area contributed by atoms with Gasteiger partial charge in [0.15, 0.2) is 5.75 Å². The molecule has 2 N–H and O–H groups in total. The summed E-state index contributed by atoms with van der Waals surface area (Å²) in [6, 6.07) is 16.8. The lowest BCUT2D eigenvalue weighted by molar-refractivity contribution is -0.119. The van der Waals surface area contributed by atoms with Gasteiger partial charge in [-0.3, -0.25) is 4.79 Å². The number of benzene rings is 2. The Hall–Kier alpha value is -3.02. The summed E-state index contributed by atoms with van der Waals surface area (Å²) >= 11 is 0. The summed E-state index contributed by atoms with van der Waals surface area (Å²) in [7, 11) is 0. The van der Waals surface area contributed by atoms with Gasteiger partial charge in [-0.05, 0) is 42.5 Å². The van der Waals surface area contributed by atoms with Crippen LogP contribution >= 0.6 is 0 Å². The number of amides is 3. The summed E-state index contributed by atoms with van der Waals surface area (Å²) in [4.78, 5) is 26.1. The Bertz CT molecular complexity index is 830. The third kappa shape index (κ3) is 3.89. The number of urea groups is 1. The van der Waals surface area contributed by atoms with E-state index in [1.807, 2.05) is 59.5 Å². The van der Waals surface area contributed by atoms with E-state index in [-0.39, 0.29) is 17.4 Å².